The van der Waals surface area contributed by atoms with Crippen molar-refractivity contribution in [1.82, 2.24) is 13.6 Å². The molecule has 0 saturated carbocycles. The summed E-state index contributed by atoms with van der Waals surface area (Å²) in [6.45, 7) is 1.41. The van der Waals surface area contributed by atoms with Gasteiger partial charge < -0.3 is 5.11 Å². The largest absolute Gasteiger partial charge is 0.389 e. The second-order valence-corrected chi connectivity index (χ2v) is 8.64. The third-order valence-corrected chi connectivity index (χ3v) is 6.73. The van der Waals surface area contributed by atoms with E-state index in [0.717, 1.165) is 17.8 Å². The van der Waals surface area contributed by atoms with Gasteiger partial charge in [0.05, 0.1) is 35.3 Å². The van der Waals surface area contributed by atoms with E-state index in [1.165, 1.54) is 28.4 Å². The Hall–Kier alpha value is -3.12. The van der Waals surface area contributed by atoms with Crippen molar-refractivity contribution in [1.29, 1.82) is 0 Å². The van der Waals surface area contributed by atoms with E-state index in [1.54, 1.807) is 6.20 Å². The Morgan fingerprint density at radius 2 is 1.38 bits per heavy atom. The second-order valence-electron chi connectivity index (χ2n) is 8.09. The minimum absolute atomic E-state index is 0.479. The first kappa shape index (κ1) is 20.8. The van der Waals surface area contributed by atoms with Gasteiger partial charge in [0.2, 0.25) is 0 Å². The van der Waals surface area contributed by atoms with Crippen LogP contribution in [0.15, 0.2) is 103 Å². The zero-order chi connectivity index (χ0) is 21.8. The Balaban J connectivity index is 1.71. The average Bonchev–Trinajstić information content (AvgIpc) is 3.37. The van der Waals surface area contributed by atoms with Gasteiger partial charge in [0.25, 0.3) is 0 Å². The van der Waals surface area contributed by atoms with Crippen LogP contribution in [0.25, 0.3) is 6.08 Å². The number of hydrogen-bond acceptors (Lipinski definition) is 5. The molecule has 0 radical (unpaired) electrons. The monoisotopic (exact) mass is 439 g/mol. The van der Waals surface area contributed by atoms with Gasteiger partial charge in [-0.2, -0.15) is 8.75 Å². The van der Waals surface area contributed by atoms with E-state index in [1.807, 2.05) is 6.08 Å². The van der Waals surface area contributed by atoms with Crippen LogP contribution in [0.5, 0.6) is 0 Å². The highest BCUT2D eigenvalue weighted by Crippen LogP contribution is 2.44. The Morgan fingerprint density at radius 1 is 0.844 bits per heavy atom. The van der Waals surface area contributed by atoms with Crippen molar-refractivity contribution in [3.05, 3.63) is 125 Å². The quantitative estimate of drug-likeness (QED) is 0.446. The maximum absolute atomic E-state index is 10.8. The van der Waals surface area contributed by atoms with Crippen LogP contribution in [0.2, 0.25) is 0 Å². The van der Waals surface area contributed by atoms with Crippen molar-refractivity contribution in [2.45, 2.75) is 18.1 Å². The number of benzene rings is 3. The summed E-state index contributed by atoms with van der Waals surface area (Å²) in [5.74, 6) is 0. The maximum Gasteiger partial charge on any atom is 0.0975 e. The molecule has 5 rings (SSSR count). The molecule has 0 amide bonds. The molecule has 0 aliphatic carbocycles. The van der Waals surface area contributed by atoms with Crippen LogP contribution >= 0.6 is 11.7 Å². The Kier molecular flexibility index (Phi) is 5.95. The van der Waals surface area contributed by atoms with Gasteiger partial charge in [-0.1, -0.05) is 91.0 Å². The fourth-order valence-corrected chi connectivity index (χ4v) is 5.20. The van der Waals surface area contributed by atoms with Crippen LogP contribution in [0.1, 0.15) is 28.8 Å². The van der Waals surface area contributed by atoms with Gasteiger partial charge in [0, 0.05) is 13.1 Å². The first-order valence-corrected chi connectivity index (χ1v) is 11.6. The number of likely N-dealkylation sites (tertiary alicyclic amines) is 1. The molecule has 4 nitrogen and oxygen atoms in total. The standard InChI is InChI=1S/C27H25N3OS/c31-26-16-17-30(20-21(26)18-25-19-28-32-29-25)27(22-10-4-1-5-11-22,23-12-6-2-7-13-23)24-14-8-3-9-15-24/h1-15,18-19,26,31H,16-17,20H2. The lowest BCUT2D eigenvalue weighted by atomic mass is 9.74. The van der Waals surface area contributed by atoms with Gasteiger partial charge in [-0.05, 0) is 34.8 Å². The van der Waals surface area contributed by atoms with E-state index in [0.29, 0.717) is 13.0 Å². The summed E-state index contributed by atoms with van der Waals surface area (Å²) in [7, 11) is 0. The smallest absolute Gasteiger partial charge is 0.0975 e. The summed E-state index contributed by atoms with van der Waals surface area (Å²) in [4.78, 5) is 2.49. The average molecular weight is 440 g/mol. The minimum Gasteiger partial charge on any atom is -0.389 e. The predicted molar refractivity (Wildman–Crippen MR) is 129 cm³/mol. The van der Waals surface area contributed by atoms with E-state index < -0.39 is 11.6 Å². The van der Waals surface area contributed by atoms with Crippen molar-refractivity contribution in [2.75, 3.05) is 13.1 Å². The lowest BCUT2D eigenvalue weighted by molar-refractivity contribution is 0.0872. The molecule has 0 spiro atoms. The zero-order valence-electron chi connectivity index (χ0n) is 17.7. The molecule has 5 heteroatoms. The molecule has 3 aromatic carbocycles. The first-order chi connectivity index (χ1) is 15.8. The SMILES string of the molecule is OC1CCN(C(c2ccccc2)(c2ccccc2)c2ccccc2)CC1=Cc1cnsn1. The number of aromatic nitrogens is 2. The lowest BCUT2D eigenvalue weighted by Crippen LogP contribution is -2.52. The molecular formula is C27H25N3OS. The summed E-state index contributed by atoms with van der Waals surface area (Å²) in [5, 5.41) is 10.8. The molecule has 1 aromatic heterocycles. The van der Waals surface area contributed by atoms with Gasteiger partial charge in [0.1, 0.15) is 0 Å². The molecule has 1 saturated heterocycles. The van der Waals surface area contributed by atoms with E-state index >= 15 is 0 Å². The minimum atomic E-state index is -0.483. The highest BCUT2D eigenvalue weighted by Gasteiger charge is 2.44. The summed E-state index contributed by atoms with van der Waals surface area (Å²) in [5.41, 5.74) is 4.92. The fraction of sp³-hybridized carbons (Fsp3) is 0.185. The zero-order valence-corrected chi connectivity index (χ0v) is 18.5. The third-order valence-electron chi connectivity index (χ3n) is 6.23. The van der Waals surface area contributed by atoms with E-state index in [4.69, 9.17) is 0 Å². The van der Waals surface area contributed by atoms with Crippen LogP contribution < -0.4 is 0 Å². The van der Waals surface area contributed by atoms with E-state index in [2.05, 4.69) is 105 Å². The van der Waals surface area contributed by atoms with Crippen molar-refractivity contribution in [2.24, 2.45) is 0 Å². The molecule has 1 aliphatic rings. The van der Waals surface area contributed by atoms with E-state index in [9.17, 15) is 5.11 Å². The van der Waals surface area contributed by atoms with Gasteiger partial charge >= 0.3 is 0 Å². The Morgan fingerprint density at radius 3 is 1.84 bits per heavy atom. The van der Waals surface area contributed by atoms with Gasteiger partial charge in [0.15, 0.2) is 0 Å². The highest BCUT2D eigenvalue weighted by molar-refractivity contribution is 6.99. The number of piperidine rings is 1. The van der Waals surface area contributed by atoms with E-state index in [-0.39, 0.29) is 0 Å². The molecule has 1 N–H and O–H groups in total. The maximum atomic E-state index is 10.8. The molecule has 1 fully saturated rings. The van der Waals surface area contributed by atoms with Crippen LogP contribution in [0.4, 0.5) is 0 Å². The topological polar surface area (TPSA) is 49.2 Å². The molecular weight excluding hydrogens is 414 g/mol. The predicted octanol–water partition coefficient (Wildman–Crippen LogP) is 4.98. The molecule has 2 heterocycles. The molecule has 1 unspecified atom stereocenters. The Labute approximate surface area is 192 Å². The molecule has 0 bridgehead atoms. The summed E-state index contributed by atoms with van der Waals surface area (Å²) in [6, 6.07) is 32.0. The third kappa shape index (κ3) is 3.79. The highest BCUT2D eigenvalue weighted by atomic mass is 32.1. The van der Waals surface area contributed by atoms with Crippen LogP contribution in [0.3, 0.4) is 0 Å². The van der Waals surface area contributed by atoms with Crippen LogP contribution in [0, 0.1) is 0 Å². The van der Waals surface area contributed by atoms with Crippen molar-refractivity contribution < 1.29 is 5.11 Å². The van der Waals surface area contributed by atoms with Crippen molar-refractivity contribution >= 4 is 17.8 Å². The van der Waals surface area contributed by atoms with Gasteiger partial charge in [-0.15, -0.1) is 0 Å². The molecule has 1 aliphatic heterocycles. The summed E-state index contributed by atoms with van der Waals surface area (Å²) in [6.07, 6.45) is 3.93. The second kappa shape index (κ2) is 9.17. The number of aliphatic hydroxyl groups is 1. The van der Waals surface area contributed by atoms with Gasteiger partial charge in [-0.3, -0.25) is 4.90 Å². The summed E-state index contributed by atoms with van der Waals surface area (Å²) >= 11 is 1.19. The molecule has 32 heavy (non-hydrogen) atoms. The number of rotatable bonds is 5. The van der Waals surface area contributed by atoms with Crippen LogP contribution in [-0.4, -0.2) is 37.9 Å². The summed E-state index contributed by atoms with van der Waals surface area (Å²) < 4.78 is 8.45. The first-order valence-electron chi connectivity index (χ1n) is 10.9. The number of aliphatic hydroxyl groups excluding tert-OH is 1. The van der Waals surface area contributed by atoms with Crippen molar-refractivity contribution in [3.63, 3.8) is 0 Å². The normalized spacial score (nSPS) is 18.7. The van der Waals surface area contributed by atoms with Crippen molar-refractivity contribution in [3.8, 4) is 0 Å². The fourth-order valence-electron chi connectivity index (χ4n) is 4.81. The van der Waals surface area contributed by atoms with Crippen LogP contribution in [-0.2, 0) is 5.54 Å². The number of nitrogens with zero attached hydrogens (tertiary/aromatic N) is 3. The van der Waals surface area contributed by atoms with Gasteiger partial charge in [-0.25, -0.2) is 0 Å². The molecule has 4 aromatic rings. The lowest BCUT2D eigenvalue weighted by Gasteiger charge is -2.48. The molecule has 160 valence electrons. The Bertz CT molecular complexity index is 1060. The molecule has 1 atom stereocenters. The number of hydrogen-bond donors (Lipinski definition) is 1.